The van der Waals surface area contributed by atoms with Crippen molar-refractivity contribution in [3.8, 4) is 5.88 Å². The lowest BCUT2D eigenvalue weighted by Crippen LogP contribution is -2.02. The van der Waals surface area contributed by atoms with Crippen molar-refractivity contribution in [1.82, 2.24) is 5.16 Å². The summed E-state index contributed by atoms with van der Waals surface area (Å²) in [5.74, 6) is 0.239. The minimum atomic E-state index is -2.86. The van der Waals surface area contributed by atoms with Crippen LogP contribution in [0.4, 0.5) is 0 Å². The van der Waals surface area contributed by atoms with Gasteiger partial charge in [0, 0.05) is 16.8 Å². The highest BCUT2D eigenvalue weighted by molar-refractivity contribution is 8.07. The molecule has 8 heteroatoms. The highest BCUT2D eigenvalue weighted by Crippen LogP contribution is 2.50. The highest BCUT2D eigenvalue weighted by atomic mass is 35.5. The molecule has 0 aliphatic heterocycles. The van der Waals surface area contributed by atoms with Crippen LogP contribution in [0.1, 0.15) is 13.8 Å². The van der Waals surface area contributed by atoms with E-state index < -0.39 is 6.72 Å². The normalized spacial score (nSPS) is 11.9. The van der Waals surface area contributed by atoms with Crippen LogP contribution in [-0.2, 0) is 20.9 Å². The fraction of sp³-hybridized carbons (Fsp3) is 0.364. The van der Waals surface area contributed by atoms with Crippen molar-refractivity contribution in [2.24, 2.45) is 0 Å². The third kappa shape index (κ3) is 3.46. The highest BCUT2D eigenvalue weighted by Gasteiger charge is 2.24. The van der Waals surface area contributed by atoms with Crippen LogP contribution >= 0.6 is 18.3 Å². The lowest BCUT2D eigenvalue weighted by atomic mass is 10.3. The summed E-state index contributed by atoms with van der Waals surface area (Å²) in [6.07, 6.45) is 0. The van der Waals surface area contributed by atoms with E-state index in [2.05, 4.69) is 5.16 Å². The van der Waals surface area contributed by atoms with Gasteiger partial charge in [-0.25, -0.2) is 0 Å². The lowest BCUT2D eigenvalue weighted by molar-refractivity contribution is 0.213. The molecule has 0 radical (unpaired) electrons. The van der Waals surface area contributed by atoms with Crippen molar-refractivity contribution in [1.29, 1.82) is 0 Å². The number of rotatable bonds is 6. The predicted octanol–water partition coefficient (Wildman–Crippen LogP) is 4.16. The van der Waals surface area contributed by atoms with E-state index in [0.29, 0.717) is 29.2 Å². The summed E-state index contributed by atoms with van der Waals surface area (Å²) in [6, 6.07) is 5.11. The van der Waals surface area contributed by atoms with Gasteiger partial charge in [-0.3, -0.25) is 9.05 Å². The summed E-state index contributed by atoms with van der Waals surface area (Å²) in [7, 11) is 0. The van der Waals surface area contributed by atoms with E-state index in [0.717, 1.165) is 0 Å². The van der Waals surface area contributed by atoms with Crippen molar-refractivity contribution in [2.75, 3.05) is 13.2 Å². The van der Waals surface area contributed by atoms with E-state index >= 15 is 0 Å². The van der Waals surface area contributed by atoms with Gasteiger partial charge in [0.25, 0.3) is 5.88 Å². The Hall–Kier alpha value is -0.650. The van der Waals surface area contributed by atoms with Crippen LogP contribution in [0.3, 0.4) is 0 Å². The first kappa shape index (κ1) is 14.8. The van der Waals surface area contributed by atoms with Crippen LogP contribution < -0.4 is 4.52 Å². The number of halogens is 1. The second-order valence-corrected chi connectivity index (χ2v) is 6.87. The van der Waals surface area contributed by atoms with Crippen molar-refractivity contribution in [2.45, 2.75) is 13.8 Å². The maximum atomic E-state index is 5.94. The monoisotopic (exact) mass is 321 g/mol. The Balaban J connectivity index is 2.33. The first-order valence-corrected chi connectivity index (χ1v) is 8.65. The van der Waals surface area contributed by atoms with Gasteiger partial charge >= 0.3 is 6.72 Å². The smallest absolute Gasteiger partial charge is 0.381 e. The van der Waals surface area contributed by atoms with Gasteiger partial charge in [-0.2, -0.15) is 0 Å². The number of hydrogen-bond acceptors (Lipinski definition) is 6. The van der Waals surface area contributed by atoms with Crippen LogP contribution in [0.25, 0.3) is 11.0 Å². The van der Waals surface area contributed by atoms with E-state index in [-0.39, 0.29) is 5.88 Å². The Morgan fingerprint density at radius 2 is 2.00 bits per heavy atom. The third-order valence-corrected chi connectivity index (χ3v) is 4.81. The molecule has 0 aliphatic carbocycles. The van der Waals surface area contributed by atoms with Gasteiger partial charge in [0.15, 0.2) is 5.58 Å². The quantitative estimate of drug-likeness (QED) is 0.745. The molecule has 0 N–H and O–H groups in total. The van der Waals surface area contributed by atoms with E-state index in [4.69, 9.17) is 41.5 Å². The van der Waals surface area contributed by atoms with Gasteiger partial charge in [-0.05, 0) is 37.2 Å². The Morgan fingerprint density at radius 1 is 1.32 bits per heavy atom. The molecule has 5 nitrogen and oxygen atoms in total. The minimum Gasteiger partial charge on any atom is -0.402 e. The van der Waals surface area contributed by atoms with Crippen LogP contribution in [0.2, 0.25) is 5.02 Å². The molecule has 0 amide bonds. The second-order valence-electron chi connectivity index (χ2n) is 3.50. The maximum absolute atomic E-state index is 5.94. The van der Waals surface area contributed by atoms with E-state index in [9.17, 15) is 0 Å². The zero-order valence-electron chi connectivity index (χ0n) is 10.5. The predicted molar refractivity (Wildman–Crippen MR) is 77.2 cm³/mol. The Labute approximate surface area is 121 Å². The van der Waals surface area contributed by atoms with Crippen LogP contribution in [0, 0.1) is 0 Å². The Bertz CT molecular complexity index is 608. The van der Waals surface area contributed by atoms with Crippen LogP contribution in [0.5, 0.6) is 5.88 Å². The standard InChI is InChI=1S/C11H13ClNO4PS/c1-3-14-18(19,15-4-2)17-11-9-7-8(12)5-6-10(9)16-13-11/h5-7H,3-4H2,1-2H3. The number of fused-ring (bicyclic) bond motifs is 1. The average Bonchev–Trinajstić information content (AvgIpc) is 2.72. The SMILES string of the molecule is CCOP(=S)(OCC)Oc1noc2ccc(Cl)cc12. The van der Waals surface area contributed by atoms with Crippen LogP contribution in [0.15, 0.2) is 22.7 Å². The molecule has 0 saturated heterocycles. The van der Waals surface area contributed by atoms with Gasteiger partial charge < -0.3 is 9.05 Å². The summed E-state index contributed by atoms with van der Waals surface area (Å²) < 4.78 is 21.5. The fourth-order valence-corrected chi connectivity index (χ4v) is 3.64. The first-order chi connectivity index (χ1) is 9.08. The lowest BCUT2D eigenvalue weighted by Gasteiger charge is -2.19. The maximum Gasteiger partial charge on any atom is 0.381 e. The number of benzene rings is 1. The van der Waals surface area contributed by atoms with Crippen molar-refractivity contribution in [3.63, 3.8) is 0 Å². The molecule has 2 rings (SSSR count). The van der Waals surface area contributed by atoms with Crippen molar-refractivity contribution in [3.05, 3.63) is 23.2 Å². The molecule has 0 fully saturated rings. The molecule has 104 valence electrons. The first-order valence-electron chi connectivity index (χ1n) is 5.71. The van der Waals surface area contributed by atoms with Gasteiger partial charge in [-0.1, -0.05) is 11.6 Å². The summed E-state index contributed by atoms with van der Waals surface area (Å²) >= 11 is 11.2. The number of aromatic nitrogens is 1. The summed E-state index contributed by atoms with van der Waals surface area (Å²) in [4.78, 5) is 0. The van der Waals surface area contributed by atoms with Crippen molar-refractivity contribution < 1.29 is 18.1 Å². The second kappa shape index (κ2) is 6.20. The molecule has 1 heterocycles. The largest absolute Gasteiger partial charge is 0.402 e. The van der Waals surface area contributed by atoms with E-state index in [1.54, 1.807) is 18.2 Å². The zero-order chi connectivity index (χ0) is 13.9. The molecule has 1 aromatic heterocycles. The van der Waals surface area contributed by atoms with Gasteiger partial charge in [-0.15, -0.1) is 0 Å². The summed E-state index contributed by atoms with van der Waals surface area (Å²) in [5, 5.41) is 5.03. The topological polar surface area (TPSA) is 53.7 Å². The molecule has 2 aromatic rings. The van der Waals surface area contributed by atoms with Crippen LogP contribution in [-0.4, -0.2) is 18.4 Å². The molecule has 1 aromatic carbocycles. The Morgan fingerprint density at radius 3 is 2.63 bits per heavy atom. The van der Waals surface area contributed by atoms with Gasteiger partial charge in [0.1, 0.15) is 0 Å². The molecular weight excluding hydrogens is 309 g/mol. The molecule has 0 spiro atoms. The molecule has 0 unspecified atom stereocenters. The molecule has 0 aliphatic rings. The molecule has 0 atom stereocenters. The van der Waals surface area contributed by atoms with E-state index in [1.165, 1.54) is 0 Å². The average molecular weight is 322 g/mol. The molecule has 19 heavy (non-hydrogen) atoms. The third-order valence-electron chi connectivity index (χ3n) is 2.17. The molecular formula is C11H13ClNO4PS. The van der Waals surface area contributed by atoms with Crippen molar-refractivity contribution >= 4 is 41.1 Å². The summed E-state index contributed by atoms with van der Waals surface area (Å²) in [5.41, 5.74) is 0.564. The molecule has 0 saturated carbocycles. The van der Waals surface area contributed by atoms with Gasteiger partial charge in [0.2, 0.25) is 0 Å². The Kier molecular flexibility index (Phi) is 4.81. The minimum absolute atomic E-state index is 0.239. The van der Waals surface area contributed by atoms with Gasteiger partial charge in [0.05, 0.1) is 18.6 Å². The number of hydrogen-bond donors (Lipinski definition) is 0. The number of nitrogens with zero attached hydrogens (tertiary/aromatic N) is 1. The molecule has 0 bridgehead atoms. The summed E-state index contributed by atoms with van der Waals surface area (Å²) in [6.45, 7) is 1.57. The van der Waals surface area contributed by atoms with E-state index in [1.807, 2.05) is 13.8 Å². The fourth-order valence-electron chi connectivity index (χ4n) is 1.47. The zero-order valence-corrected chi connectivity index (χ0v) is 12.9.